The molecular weight excluding hydrogens is 297 g/mol. The Morgan fingerprint density at radius 2 is 1.67 bits per heavy atom. The first-order valence-electron chi connectivity index (χ1n) is 3.87. The van der Waals surface area contributed by atoms with Gasteiger partial charge in [-0.2, -0.15) is 0 Å². The molecule has 0 unspecified atom stereocenters. The zero-order valence-corrected chi connectivity index (χ0v) is 7.79. The summed E-state index contributed by atoms with van der Waals surface area (Å²) in [6.45, 7) is 2.32. The normalized spacial score (nSPS) is 11.0. The Morgan fingerprint density at radius 1 is 1.08 bits per heavy atom. The Labute approximate surface area is 133 Å². The zero-order valence-electron chi connectivity index (χ0n) is 6.79. The van der Waals surface area contributed by atoms with Gasteiger partial charge >= 0.3 is 77.9 Å². The van der Waals surface area contributed by atoms with E-state index in [1.807, 2.05) is 0 Å². The third kappa shape index (κ3) is 14.6. The molecule has 0 atom stereocenters. The second kappa shape index (κ2) is 9.66. The maximum absolute atomic E-state index is 8.40. The van der Waals surface area contributed by atoms with Gasteiger partial charge < -0.3 is 18.8 Å². The van der Waals surface area contributed by atoms with Crippen LogP contribution in [0, 0.1) is 0 Å². The Kier molecular flexibility index (Phi) is 13.3. The van der Waals surface area contributed by atoms with Crippen LogP contribution >= 0.6 is 0 Å². The average molecular weight is 314 g/mol. The SMILES string of the molecule is CCCCCCO[Si](O)(O)O.[CsH]. The Balaban J connectivity index is 0. The predicted octanol–water partition coefficient (Wildman–Crippen LogP) is -0.653. The van der Waals surface area contributed by atoms with Crippen molar-refractivity contribution >= 4 is 77.9 Å². The summed E-state index contributed by atoms with van der Waals surface area (Å²) in [5, 5.41) is 0. The molecule has 0 aliphatic carbocycles. The maximum atomic E-state index is 8.40. The van der Waals surface area contributed by atoms with Crippen molar-refractivity contribution in [2.75, 3.05) is 6.61 Å². The molecule has 0 saturated heterocycles. The summed E-state index contributed by atoms with van der Waals surface area (Å²) in [4.78, 5) is 25.2. The van der Waals surface area contributed by atoms with Crippen LogP contribution in [0.1, 0.15) is 32.6 Å². The molecule has 0 aliphatic heterocycles. The van der Waals surface area contributed by atoms with Crippen LogP contribution in [0.25, 0.3) is 0 Å². The quantitative estimate of drug-likeness (QED) is 0.450. The molecule has 0 saturated carbocycles. The van der Waals surface area contributed by atoms with Gasteiger partial charge in [0.2, 0.25) is 0 Å². The van der Waals surface area contributed by atoms with Crippen molar-refractivity contribution in [3.05, 3.63) is 0 Å². The fourth-order valence-electron chi connectivity index (χ4n) is 0.738. The van der Waals surface area contributed by atoms with E-state index in [9.17, 15) is 0 Å². The fraction of sp³-hybridized carbons (Fsp3) is 1.00. The van der Waals surface area contributed by atoms with Crippen LogP contribution < -0.4 is 0 Å². The average Bonchev–Trinajstić information content (AvgIpc) is 1.85. The zero-order chi connectivity index (χ0) is 8.74. The van der Waals surface area contributed by atoms with E-state index in [0.29, 0.717) is 0 Å². The molecule has 0 amide bonds. The van der Waals surface area contributed by atoms with Gasteiger partial charge in [-0.15, -0.1) is 0 Å². The van der Waals surface area contributed by atoms with Crippen molar-refractivity contribution in [3.63, 3.8) is 0 Å². The minimum absolute atomic E-state index is 0. The second-order valence-corrected chi connectivity index (χ2v) is 3.92. The van der Waals surface area contributed by atoms with Crippen molar-refractivity contribution in [3.8, 4) is 0 Å². The molecule has 70 valence electrons. The summed E-state index contributed by atoms with van der Waals surface area (Å²) in [7, 11) is -4.22. The number of hydrogen-bond acceptors (Lipinski definition) is 4. The van der Waals surface area contributed by atoms with Crippen LogP contribution in [-0.2, 0) is 4.43 Å². The first-order valence-corrected chi connectivity index (χ1v) is 5.62. The molecule has 0 spiro atoms. The topological polar surface area (TPSA) is 69.9 Å². The van der Waals surface area contributed by atoms with Gasteiger partial charge in [-0.3, -0.25) is 0 Å². The van der Waals surface area contributed by atoms with E-state index in [2.05, 4.69) is 11.3 Å². The van der Waals surface area contributed by atoms with Gasteiger partial charge in [0.15, 0.2) is 0 Å². The van der Waals surface area contributed by atoms with Crippen molar-refractivity contribution < 1.29 is 18.8 Å². The van der Waals surface area contributed by atoms with Gasteiger partial charge in [0.1, 0.15) is 0 Å². The summed E-state index contributed by atoms with van der Waals surface area (Å²) in [5.74, 6) is 0. The van der Waals surface area contributed by atoms with Crippen LogP contribution in [0.3, 0.4) is 0 Å². The third-order valence-electron chi connectivity index (χ3n) is 1.29. The molecule has 0 aromatic heterocycles. The second-order valence-electron chi connectivity index (χ2n) is 2.48. The van der Waals surface area contributed by atoms with Crippen molar-refractivity contribution in [1.82, 2.24) is 0 Å². The fourth-order valence-corrected chi connectivity index (χ4v) is 1.16. The molecule has 0 rings (SSSR count). The van der Waals surface area contributed by atoms with Gasteiger partial charge in [-0.05, 0) is 6.42 Å². The molecule has 4 nitrogen and oxygen atoms in total. The van der Waals surface area contributed by atoms with Crippen LogP contribution in [0.2, 0.25) is 0 Å². The van der Waals surface area contributed by atoms with E-state index in [0.717, 1.165) is 25.7 Å². The van der Waals surface area contributed by atoms with Crippen LogP contribution in [0.4, 0.5) is 0 Å². The monoisotopic (exact) mass is 314 g/mol. The van der Waals surface area contributed by atoms with E-state index in [-0.39, 0.29) is 75.5 Å². The number of unbranched alkanes of at least 4 members (excludes halogenated alkanes) is 3. The Hall–Kier alpha value is 2.11. The van der Waals surface area contributed by atoms with Crippen LogP contribution in [0.5, 0.6) is 0 Å². The van der Waals surface area contributed by atoms with Crippen molar-refractivity contribution in [2.24, 2.45) is 0 Å². The van der Waals surface area contributed by atoms with E-state index in [1.165, 1.54) is 0 Å². The summed E-state index contributed by atoms with van der Waals surface area (Å²) in [6, 6.07) is 0. The van der Waals surface area contributed by atoms with Crippen LogP contribution in [-0.4, -0.2) is 98.9 Å². The van der Waals surface area contributed by atoms with Gasteiger partial charge in [0.05, 0.1) is 0 Å². The molecular formula is C6H17CsO4Si. The van der Waals surface area contributed by atoms with Gasteiger partial charge in [-0.25, -0.2) is 0 Å². The molecule has 0 radical (unpaired) electrons. The first kappa shape index (κ1) is 16.5. The van der Waals surface area contributed by atoms with Gasteiger partial charge in [-0.1, -0.05) is 26.2 Å². The van der Waals surface area contributed by atoms with E-state index in [4.69, 9.17) is 14.4 Å². The standard InChI is InChI=1S/C6H16O4Si.Cs.H/c1-2-3-4-5-6-10-11(7,8)9;;/h7-9H,2-6H2,1H3;;. The summed E-state index contributed by atoms with van der Waals surface area (Å²) < 4.78 is 4.38. The molecule has 0 aliphatic rings. The van der Waals surface area contributed by atoms with Crippen molar-refractivity contribution in [1.29, 1.82) is 0 Å². The van der Waals surface area contributed by atoms with Crippen molar-refractivity contribution in [2.45, 2.75) is 32.6 Å². The molecule has 0 heterocycles. The van der Waals surface area contributed by atoms with Crippen LogP contribution in [0.15, 0.2) is 0 Å². The molecule has 0 aromatic rings. The molecule has 0 fully saturated rings. The van der Waals surface area contributed by atoms with E-state index < -0.39 is 9.05 Å². The third-order valence-corrected chi connectivity index (χ3v) is 1.89. The van der Waals surface area contributed by atoms with E-state index in [1.54, 1.807) is 0 Å². The first-order chi connectivity index (χ1) is 5.06. The minimum atomic E-state index is -4.22. The summed E-state index contributed by atoms with van der Waals surface area (Å²) in [6.07, 6.45) is 4.01. The molecule has 0 aromatic carbocycles. The Bertz CT molecular complexity index is 96.0. The van der Waals surface area contributed by atoms with E-state index >= 15 is 0 Å². The number of hydrogen-bond donors (Lipinski definition) is 3. The summed E-state index contributed by atoms with van der Waals surface area (Å²) >= 11 is 0. The van der Waals surface area contributed by atoms with Gasteiger partial charge in [0.25, 0.3) is 0 Å². The Morgan fingerprint density at radius 3 is 2.08 bits per heavy atom. The molecule has 12 heavy (non-hydrogen) atoms. The molecule has 0 bridgehead atoms. The molecule has 6 heteroatoms. The molecule has 3 N–H and O–H groups in total. The number of rotatable bonds is 6. The van der Waals surface area contributed by atoms with Gasteiger partial charge in [0, 0.05) is 6.61 Å². The summed E-state index contributed by atoms with van der Waals surface area (Å²) in [5.41, 5.74) is 0. The predicted molar refractivity (Wildman–Crippen MR) is 49.7 cm³/mol.